The number of hydrogen-bond acceptors (Lipinski definition) is 1. The molecule has 0 aliphatic carbocycles. The lowest BCUT2D eigenvalue weighted by atomic mass is 10.1. The third-order valence-electron chi connectivity index (χ3n) is 1.54. The molecule has 1 aromatic rings. The van der Waals surface area contributed by atoms with Crippen molar-refractivity contribution in [3.05, 3.63) is 35.4 Å². The van der Waals surface area contributed by atoms with Crippen LogP contribution in [0.15, 0.2) is 18.2 Å². The fraction of sp³-hybridized carbons (Fsp3) is 0.333. The molecule has 0 aromatic heterocycles. The second kappa shape index (κ2) is 3.37. The highest BCUT2D eigenvalue weighted by Gasteiger charge is 1.93. The predicted octanol–water partition coefficient (Wildman–Crippen LogP) is 1.33. The number of hydrogen-bond donors (Lipinski definition) is 1. The van der Waals surface area contributed by atoms with Gasteiger partial charge in [-0.05, 0) is 30.5 Å². The summed E-state index contributed by atoms with van der Waals surface area (Å²) in [6.45, 7) is 2.24. The summed E-state index contributed by atoms with van der Waals surface area (Å²) in [5.41, 5.74) is 2.32. The van der Waals surface area contributed by atoms with Crippen LogP contribution in [0.25, 0.3) is 0 Å². The van der Waals surface area contributed by atoms with E-state index < -0.39 is 0 Å². The van der Waals surface area contributed by atoms with Gasteiger partial charge in [0.05, 0.1) is 0 Å². The van der Waals surface area contributed by atoms with Gasteiger partial charge in [-0.1, -0.05) is 18.2 Å². The van der Waals surface area contributed by atoms with Crippen LogP contribution in [0.4, 0.5) is 0 Å². The summed E-state index contributed by atoms with van der Waals surface area (Å²) in [5, 5.41) is 8.62. The van der Waals surface area contributed by atoms with Crippen molar-refractivity contribution in [2.75, 3.05) is 6.61 Å². The summed E-state index contributed by atoms with van der Waals surface area (Å²) in [4.78, 5) is 0. The zero-order valence-electron chi connectivity index (χ0n) is 6.09. The zero-order valence-corrected chi connectivity index (χ0v) is 6.09. The lowest BCUT2D eigenvalue weighted by molar-refractivity contribution is 0.299. The van der Waals surface area contributed by atoms with Crippen LogP contribution < -0.4 is 0 Å². The smallest absolute Gasteiger partial charge is 0.0471 e. The maximum absolute atomic E-state index is 8.62. The molecule has 0 bridgehead atoms. The minimum absolute atomic E-state index is 0.210. The maximum Gasteiger partial charge on any atom is 0.0471 e. The lowest BCUT2D eigenvalue weighted by Crippen LogP contribution is -1.92. The summed E-state index contributed by atoms with van der Waals surface area (Å²) in [5.74, 6) is 0. The van der Waals surface area contributed by atoms with Crippen molar-refractivity contribution in [3.63, 3.8) is 0 Å². The molecule has 0 aliphatic rings. The molecule has 0 heterocycles. The Morgan fingerprint density at radius 1 is 1.60 bits per heavy atom. The van der Waals surface area contributed by atoms with Crippen LogP contribution in [0.2, 0.25) is 0 Å². The molecular weight excluding hydrogens is 124 g/mol. The zero-order chi connectivity index (χ0) is 7.40. The van der Waals surface area contributed by atoms with Crippen LogP contribution >= 0.6 is 0 Å². The second-order valence-corrected chi connectivity index (χ2v) is 2.31. The molecule has 1 heteroatoms. The van der Waals surface area contributed by atoms with E-state index in [4.69, 9.17) is 5.11 Å². The van der Waals surface area contributed by atoms with Crippen molar-refractivity contribution in [2.45, 2.75) is 13.3 Å². The Morgan fingerprint density at radius 3 is 3.00 bits per heavy atom. The number of aryl methyl sites for hydroxylation is 1. The molecule has 0 saturated heterocycles. The van der Waals surface area contributed by atoms with Crippen LogP contribution in [0.5, 0.6) is 0 Å². The van der Waals surface area contributed by atoms with Crippen molar-refractivity contribution in [2.24, 2.45) is 0 Å². The molecule has 0 unspecified atom stereocenters. The van der Waals surface area contributed by atoms with E-state index in [1.54, 1.807) is 0 Å². The Bertz CT molecular complexity index is 206. The van der Waals surface area contributed by atoms with Crippen LogP contribution in [0.3, 0.4) is 0 Å². The highest BCUT2D eigenvalue weighted by atomic mass is 16.2. The topological polar surface area (TPSA) is 20.2 Å². The van der Waals surface area contributed by atoms with Crippen molar-refractivity contribution < 1.29 is 5.11 Å². The van der Waals surface area contributed by atoms with E-state index in [2.05, 4.69) is 6.07 Å². The van der Waals surface area contributed by atoms with Crippen LogP contribution in [0, 0.1) is 13.0 Å². The highest BCUT2D eigenvalue weighted by Crippen LogP contribution is 2.05. The minimum atomic E-state index is 0.210. The van der Waals surface area contributed by atoms with Crippen LogP contribution in [-0.4, -0.2) is 11.7 Å². The van der Waals surface area contributed by atoms with Gasteiger partial charge < -0.3 is 5.11 Å². The first kappa shape index (κ1) is 7.29. The number of aliphatic hydroxyl groups is 1. The van der Waals surface area contributed by atoms with Crippen molar-refractivity contribution in [1.29, 1.82) is 0 Å². The van der Waals surface area contributed by atoms with Crippen LogP contribution in [-0.2, 0) is 6.42 Å². The summed E-state index contributed by atoms with van der Waals surface area (Å²) < 4.78 is 0. The first-order valence-electron chi connectivity index (χ1n) is 3.41. The van der Waals surface area contributed by atoms with Gasteiger partial charge in [0.15, 0.2) is 0 Å². The molecule has 0 spiro atoms. The number of benzene rings is 1. The largest absolute Gasteiger partial charge is 0.396 e. The van der Waals surface area contributed by atoms with E-state index in [1.165, 1.54) is 5.56 Å². The number of aliphatic hydroxyl groups excluding tert-OH is 1. The number of rotatable bonds is 2. The maximum atomic E-state index is 8.62. The van der Waals surface area contributed by atoms with E-state index in [9.17, 15) is 0 Å². The van der Waals surface area contributed by atoms with E-state index >= 15 is 0 Å². The lowest BCUT2D eigenvalue weighted by Gasteiger charge is -2.00. The monoisotopic (exact) mass is 135 g/mol. The molecule has 0 fully saturated rings. The fourth-order valence-corrected chi connectivity index (χ4v) is 0.937. The Morgan fingerprint density at radius 2 is 2.40 bits per heavy atom. The minimum Gasteiger partial charge on any atom is -0.396 e. The van der Waals surface area contributed by atoms with Crippen molar-refractivity contribution in [1.82, 2.24) is 0 Å². The predicted molar refractivity (Wildman–Crippen MR) is 40.8 cm³/mol. The van der Waals surface area contributed by atoms with Gasteiger partial charge in [-0.3, -0.25) is 0 Å². The molecular formula is C9H11O. The Hall–Kier alpha value is -0.820. The normalized spacial score (nSPS) is 9.80. The average molecular weight is 135 g/mol. The first-order chi connectivity index (χ1) is 4.84. The van der Waals surface area contributed by atoms with Crippen LogP contribution in [0.1, 0.15) is 11.1 Å². The summed E-state index contributed by atoms with van der Waals surface area (Å²) in [6.07, 6.45) is 0.715. The molecule has 1 radical (unpaired) electrons. The van der Waals surface area contributed by atoms with Crippen molar-refractivity contribution in [3.8, 4) is 0 Å². The molecule has 10 heavy (non-hydrogen) atoms. The van der Waals surface area contributed by atoms with Gasteiger partial charge in [-0.2, -0.15) is 0 Å². The third-order valence-corrected chi connectivity index (χ3v) is 1.54. The SMILES string of the molecule is Cc1ccc[c]c1CCO. The van der Waals surface area contributed by atoms with Gasteiger partial charge in [-0.25, -0.2) is 0 Å². The third kappa shape index (κ3) is 1.58. The Labute approximate surface area is 61.3 Å². The summed E-state index contributed by atoms with van der Waals surface area (Å²) in [7, 11) is 0. The van der Waals surface area contributed by atoms with E-state index in [0.717, 1.165) is 5.56 Å². The molecule has 0 amide bonds. The molecule has 1 nitrogen and oxygen atoms in total. The average Bonchev–Trinajstić information content (AvgIpc) is 1.94. The first-order valence-corrected chi connectivity index (χ1v) is 3.41. The molecule has 1 rings (SSSR count). The molecule has 0 atom stereocenters. The van der Waals surface area contributed by atoms with E-state index in [-0.39, 0.29) is 6.61 Å². The summed E-state index contributed by atoms with van der Waals surface area (Å²) in [6, 6.07) is 8.93. The van der Waals surface area contributed by atoms with Gasteiger partial charge in [-0.15, -0.1) is 0 Å². The van der Waals surface area contributed by atoms with Gasteiger partial charge in [0.1, 0.15) is 0 Å². The van der Waals surface area contributed by atoms with Gasteiger partial charge in [0.2, 0.25) is 0 Å². The van der Waals surface area contributed by atoms with E-state index in [1.807, 2.05) is 25.1 Å². The fourth-order valence-electron chi connectivity index (χ4n) is 0.937. The summed E-state index contributed by atoms with van der Waals surface area (Å²) >= 11 is 0. The second-order valence-electron chi connectivity index (χ2n) is 2.31. The molecule has 53 valence electrons. The Balaban J connectivity index is 2.81. The quantitative estimate of drug-likeness (QED) is 0.648. The highest BCUT2D eigenvalue weighted by molar-refractivity contribution is 5.24. The molecule has 1 N–H and O–H groups in total. The van der Waals surface area contributed by atoms with Crippen molar-refractivity contribution >= 4 is 0 Å². The molecule has 0 aliphatic heterocycles. The molecule has 1 aromatic carbocycles. The standard InChI is InChI=1S/C9H11O/c1-8-4-2-3-5-9(8)6-7-10/h2-4,10H,6-7H2,1H3. The van der Waals surface area contributed by atoms with Gasteiger partial charge >= 0.3 is 0 Å². The van der Waals surface area contributed by atoms with Gasteiger partial charge in [0, 0.05) is 6.61 Å². The van der Waals surface area contributed by atoms with E-state index in [0.29, 0.717) is 6.42 Å². The Kier molecular flexibility index (Phi) is 2.46. The molecule has 0 saturated carbocycles. The van der Waals surface area contributed by atoms with Gasteiger partial charge in [0.25, 0.3) is 0 Å².